The molecule has 2 fully saturated rings. The summed E-state index contributed by atoms with van der Waals surface area (Å²) in [6.07, 6.45) is 4.49. The summed E-state index contributed by atoms with van der Waals surface area (Å²) in [6.45, 7) is 10.0. The Labute approximate surface area is 251 Å². The third-order valence-electron chi connectivity index (χ3n) is 9.21. The first-order valence-corrected chi connectivity index (χ1v) is 15.5. The first-order chi connectivity index (χ1) is 20.8. The molecule has 226 valence electrons. The lowest BCUT2D eigenvalue weighted by Gasteiger charge is -2.36. The summed E-state index contributed by atoms with van der Waals surface area (Å²) in [5, 5.41) is 0.0936. The molecular formula is C34H41FN6O2. The van der Waals surface area contributed by atoms with Crippen LogP contribution >= 0.6 is 0 Å². The van der Waals surface area contributed by atoms with Gasteiger partial charge in [-0.25, -0.2) is 18.7 Å². The minimum atomic E-state index is -0.611. The van der Waals surface area contributed by atoms with E-state index in [-0.39, 0.29) is 29.5 Å². The molecule has 1 saturated heterocycles. The zero-order valence-corrected chi connectivity index (χ0v) is 25.1. The van der Waals surface area contributed by atoms with Crippen LogP contribution in [-0.4, -0.2) is 62.2 Å². The number of hydrogen-bond acceptors (Lipinski definition) is 6. The van der Waals surface area contributed by atoms with E-state index >= 15 is 0 Å². The van der Waals surface area contributed by atoms with Crippen LogP contribution in [0.5, 0.6) is 0 Å². The van der Waals surface area contributed by atoms with Gasteiger partial charge < -0.3 is 5.73 Å². The number of rotatable bonds is 7. The standard InChI is InChI=1S/C34H41FN6O2/c1-23(2)39-16-14-38(15-17-39)21-24-6-10-26(11-7-24)27-4-3-5-30(18-27)41-32-31(19-28(35)20-37-32)33(42)40(34(41)43)22-25-8-12-29(36)13-9-25/h3-7,10-11,18-20,23,25,29H,8-9,12-17,21-22,36H2,1-2H3. The summed E-state index contributed by atoms with van der Waals surface area (Å²) in [6, 6.07) is 18.1. The fraction of sp³-hybridized carbons (Fsp3) is 0.441. The Kier molecular flexibility index (Phi) is 8.56. The number of nitrogens with two attached hydrogens (primary N) is 1. The van der Waals surface area contributed by atoms with Gasteiger partial charge in [0.1, 0.15) is 5.82 Å². The van der Waals surface area contributed by atoms with Crippen molar-refractivity contribution in [2.75, 3.05) is 26.2 Å². The summed E-state index contributed by atoms with van der Waals surface area (Å²) in [5.74, 6) is -0.442. The van der Waals surface area contributed by atoms with Gasteiger partial charge in [0, 0.05) is 51.4 Å². The molecule has 2 aromatic heterocycles. The maximum atomic E-state index is 14.3. The third-order valence-corrected chi connectivity index (χ3v) is 9.21. The lowest BCUT2D eigenvalue weighted by Crippen LogP contribution is -2.48. The molecule has 0 atom stereocenters. The topological polar surface area (TPSA) is 89.4 Å². The van der Waals surface area contributed by atoms with Crippen molar-refractivity contribution in [2.24, 2.45) is 11.7 Å². The molecule has 0 unspecified atom stereocenters. The Bertz CT molecular complexity index is 1700. The number of halogens is 1. The summed E-state index contributed by atoms with van der Waals surface area (Å²) < 4.78 is 17.0. The van der Waals surface area contributed by atoms with Crippen LogP contribution in [0.1, 0.15) is 45.1 Å². The van der Waals surface area contributed by atoms with E-state index in [0.29, 0.717) is 11.7 Å². The average molecular weight is 585 g/mol. The number of pyridine rings is 1. The van der Waals surface area contributed by atoms with Crippen molar-refractivity contribution in [2.45, 2.75) is 64.7 Å². The van der Waals surface area contributed by atoms with Crippen LogP contribution in [0, 0.1) is 11.7 Å². The number of piperazine rings is 1. The highest BCUT2D eigenvalue weighted by Crippen LogP contribution is 2.26. The maximum absolute atomic E-state index is 14.3. The molecule has 2 aromatic carbocycles. The zero-order valence-electron chi connectivity index (χ0n) is 25.1. The van der Waals surface area contributed by atoms with Gasteiger partial charge in [0.2, 0.25) is 0 Å². The fourth-order valence-electron chi connectivity index (χ4n) is 6.56. The van der Waals surface area contributed by atoms with Crippen LogP contribution in [0.4, 0.5) is 4.39 Å². The van der Waals surface area contributed by atoms with E-state index in [4.69, 9.17) is 5.73 Å². The van der Waals surface area contributed by atoms with Gasteiger partial charge >= 0.3 is 5.69 Å². The molecule has 1 aliphatic heterocycles. The molecule has 6 rings (SSSR count). The van der Waals surface area contributed by atoms with Crippen molar-refractivity contribution in [1.29, 1.82) is 0 Å². The second-order valence-electron chi connectivity index (χ2n) is 12.5. The number of fused-ring (bicyclic) bond motifs is 1. The van der Waals surface area contributed by atoms with E-state index in [1.165, 1.54) is 20.8 Å². The molecule has 3 heterocycles. The molecule has 9 heteroatoms. The lowest BCUT2D eigenvalue weighted by molar-refractivity contribution is 0.104. The molecule has 0 spiro atoms. The maximum Gasteiger partial charge on any atom is 0.337 e. The average Bonchev–Trinajstić information content (AvgIpc) is 3.01. The second kappa shape index (κ2) is 12.5. The van der Waals surface area contributed by atoms with Crippen LogP contribution in [0.2, 0.25) is 0 Å². The quantitative estimate of drug-likeness (QED) is 0.347. The van der Waals surface area contributed by atoms with Crippen LogP contribution in [0.15, 0.2) is 70.4 Å². The first kappa shape index (κ1) is 29.4. The van der Waals surface area contributed by atoms with Gasteiger partial charge in [-0.3, -0.25) is 19.2 Å². The van der Waals surface area contributed by atoms with Crippen LogP contribution in [0.3, 0.4) is 0 Å². The van der Waals surface area contributed by atoms with Crippen molar-refractivity contribution in [3.05, 3.63) is 93.0 Å². The molecule has 1 aliphatic carbocycles. The van der Waals surface area contributed by atoms with E-state index in [1.807, 2.05) is 24.3 Å². The van der Waals surface area contributed by atoms with Gasteiger partial charge in [-0.15, -0.1) is 0 Å². The molecule has 8 nitrogen and oxygen atoms in total. The molecular weight excluding hydrogens is 543 g/mol. The molecule has 0 bridgehead atoms. The summed E-state index contributed by atoms with van der Waals surface area (Å²) in [5.41, 5.74) is 9.08. The third kappa shape index (κ3) is 6.34. The van der Waals surface area contributed by atoms with E-state index < -0.39 is 17.1 Å². The summed E-state index contributed by atoms with van der Waals surface area (Å²) in [4.78, 5) is 36.6. The SMILES string of the molecule is CC(C)N1CCN(Cc2ccc(-c3cccc(-n4c(=O)n(CC5CCC(N)CC5)c(=O)c5cc(F)cnc54)c3)cc2)CC1. The van der Waals surface area contributed by atoms with E-state index in [9.17, 15) is 14.0 Å². The normalized spacial score (nSPS) is 20.2. The Morgan fingerprint density at radius 2 is 1.65 bits per heavy atom. The van der Waals surface area contributed by atoms with Crippen LogP contribution < -0.4 is 17.0 Å². The fourth-order valence-corrected chi connectivity index (χ4v) is 6.56. The number of nitrogens with zero attached hydrogens (tertiary/aromatic N) is 5. The zero-order chi connectivity index (χ0) is 30.1. The van der Waals surface area contributed by atoms with E-state index in [2.05, 4.69) is 52.9 Å². The Morgan fingerprint density at radius 3 is 2.35 bits per heavy atom. The Morgan fingerprint density at radius 1 is 0.930 bits per heavy atom. The van der Waals surface area contributed by atoms with E-state index in [0.717, 1.165) is 75.7 Å². The number of benzene rings is 2. The summed E-state index contributed by atoms with van der Waals surface area (Å²) in [7, 11) is 0. The molecule has 0 amide bonds. The van der Waals surface area contributed by atoms with Gasteiger partial charge in [-0.05, 0) is 80.3 Å². The highest BCUT2D eigenvalue weighted by molar-refractivity contribution is 5.76. The van der Waals surface area contributed by atoms with Gasteiger partial charge in [0.05, 0.1) is 17.3 Å². The Balaban J connectivity index is 1.30. The van der Waals surface area contributed by atoms with Crippen molar-refractivity contribution in [3.63, 3.8) is 0 Å². The largest absolute Gasteiger partial charge is 0.337 e. The number of hydrogen-bond donors (Lipinski definition) is 1. The smallest absolute Gasteiger partial charge is 0.328 e. The molecule has 4 aromatic rings. The first-order valence-electron chi connectivity index (χ1n) is 15.5. The minimum Gasteiger partial charge on any atom is -0.328 e. The van der Waals surface area contributed by atoms with Crippen LogP contribution in [-0.2, 0) is 13.1 Å². The van der Waals surface area contributed by atoms with Gasteiger partial charge in [-0.1, -0.05) is 36.4 Å². The van der Waals surface area contributed by atoms with Gasteiger partial charge in [0.15, 0.2) is 5.65 Å². The molecule has 43 heavy (non-hydrogen) atoms. The predicted octanol–water partition coefficient (Wildman–Crippen LogP) is 4.40. The predicted molar refractivity (Wildman–Crippen MR) is 169 cm³/mol. The van der Waals surface area contributed by atoms with Crippen molar-refractivity contribution < 1.29 is 4.39 Å². The lowest BCUT2D eigenvalue weighted by atomic mass is 9.86. The van der Waals surface area contributed by atoms with Crippen molar-refractivity contribution >= 4 is 11.0 Å². The van der Waals surface area contributed by atoms with Gasteiger partial charge in [0.25, 0.3) is 5.56 Å². The van der Waals surface area contributed by atoms with Crippen molar-refractivity contribution in [1.82, 2.24) is 23.9 Å². The molecule has 1 saturated carbocycles. The highest BCUT2D eigenvalue weighted by atomic mass is 19.1. The number of aromatic nitrogens is 3. The Hall–Kier alpha value is -3.66. The highest BCUT2D eigenvalue weighted by Gasteiger charge is 2.23. The molecule has 2 aliphatic rings. The van der Waals surface area contributed by atoms with Gasteiger partial charge in [-0.2, -0.15) is 0 Å². The summed E-state index contributed by atoms with van der Waals surface area (Å²) >= 11 is 0. The molecule has 2 N–H and O–H groups in total. The monoisotopic (exact) mass is 584 g/mol. The van der Waals surface area contributed by atoms with Crippen LogP contribution in [0.25, 0.3) is 27.8 Å². The molecule has 0 radical (unpaired) electrons. The second-order valence-corrected chi connectivity index (χ2v) is 12.5. The van der Waals surface area contributed by atoms with Crippen molar-refractivity contribution in [3.8, 4) is 16.8 Å². The van der Waals surface area contributed by atoms with E-state index in [1.54, 1.807) is 0 Å². The minimum absolute atomic E-state index is 0.0936.